The fourth-order valence-corrected chi connectivity index (χ4v) is 1.09. The van der Waals surface area contributed by atoms with Crippen LogP contribution in [0.25, 0.3) is 0 Å². The molecule has 1 aromatic rings. The Morgan fingerprint density at radius 3 is 2.64 bits per heavy atom. The van der Waals surface area contributed by atoms with E-state index in [-0.39, 0.29) is 0 Å². The first kappa shape index (κ1) is 8.41. The molecule has 0 N–H and O–H groups in total. The Bertz CT molecular complexity index is 252. The topological polar surface area (TPSA) is 31.4 Å². The van der Waals surface area contributed by atoms with Crippen molar-refractivity contribution >= 4 is 21.2 Å². The van der Waals surface area contributed by atoms with Crippen LogP contribution in [0.15, 0.2) is 12.3 Å². The maximum atomic E-state index is 5.02. The molecule has 0 aliphatic heterocycles. The van der Waals surface area contributed by atoms with E-state index in [1.54, 1.807) is 20.4 Å². The van der Waals surface area contributed by atoms with Crippen molar-refractivity contribution in [2.45, 2.75) is 0 Å². The number of aromatic nitrogens is 1. The fourth-order valence-electron chi connectivity index (χ4n) is 0.721. The minimum atomic E-state index is 0.516. The van der Waals surface area contributed by atoms with Crippen LogP contribution in [-0.2, 0) is 0 Å². The summed E-state index contributed by atoms with van der Waals surface area (Å²) in [5, 5.41) is 0. The van der Waals surface area contributed by atoms with Gasteiger partial charge in [0.25, 0.3) is 0 Å². The van der Waals surface area contributed by atoms with E-state index in [4.69, 9.17) is 9.47 Å². The molecule has 0 saturated heterocycles. The Labute approximate surface area is 74.2 Å². The Morgan fingerprint density at radius 2 is 2.09 bits per heavy atom. The third-order valence-corrected chi connectivity index (χ3v) is 1.73. The van der Waals surface area contributed by atoms with E-state index in [2.05, 4.69) is 21.8 Å². The van der Waals surface area contributed by atoms with Gasteiger partial charge in [0.15, 0.2) is 0 Å². The van der Waals surface area contributed by atoms with Crippen LogP contribution in [0.1, 0.15) is 0 Å². The Hall–Kier alpha value is -0.692. The molecule has 58 valence electrons. The fraction of sp³-hybridized carbons (Fsp3) is 0.286. The van der Waals surface area contributed by atoms with Crippen LogP contribution >= 0.6 is 0 Å². The molecule has 0 bridgehead atoms. The number of nitrogens with zero attached hydrogens (tertiary/aromatic N) is 1. The first-order valence-electron chi connectivity index (χ1n) is 3.05. The van der Waals surface area contributed by atoms with E-state index in [0.29, 0.717) is 11.6 Å². The van der Waals surface area contributed by atoms with Crippen LogP contribution in [-0.4, -0.2) is 36.1 Å². The molecule has 1 aromatic heterocycles. The second-order valence-electron chi connectivity index (χ2n) is 1.91. The van der Waals surface area contributed by atoms with Crippen molar-refractivity contribution in [1.29, 1.82) is 0 Å². The molecule has 0 fully saturated rings. The first-order chi connectivity index (χ1) is 5.27. The van der Waals surface area contributed by atoms with Crippen molar-refractivity contribution in [3.8, 4) is 11.6 Å². The molecule has 0 aliphatic rings. The summed E-state index contributed by atoms with van der Waals surface area (Å²) in [6, 6.07) is 1.85. The summed E-state index contributed by atoms with van der Waals surface area (Å²) in [6.45, 7) is 0. The summed E-state index contributed by atoms with van der Waals surface area (Å²) in [4.78, 5) is 4.00. The van der Waals surface area contributed by atoms with Crippen LogP contribution in [0.5, 0.6) is 11.6 Å². The van der Waals surface area contributed by atoms with Gasteiger partial charge in [0.05, 0.1) is 0 Å². The standard InChI is InChI=1S/C7H8AsNO2/c1-10-6-3-5(8)4-9-7(6)11-2/h3-4H,1-2H3. The second-order valence-corrected chi connectivity index (χ2v) is 2.99. The SMILES string of the molecule is COc1cc([As])cnc1OC. The zero-order valence-corrected chi connectivity index (χ0v) is 8.24. The van der Waals surface area contributed by atoms with Gasteiger partial charge in [-0.15, -0.1) is 0 Å². The molecule has 1 heterocycles. The molecule has 0 amide bonds. The van der Waals surface area contributed by atoms with Crippen molar-refractivity contribution in [2.75, 3.05) is 14.2 Å². The van der Waals surface area contributed by atoms with Gasteiger partial charge in [-0.05, 0) is 0 Å². The molecule has 4 heteroatoms. The van der Waals surface area contributed by atoms with Crippen molar-refractivity contribution in [2.24, 2.45) is 0 Å². The second kappa shape index (κ2) is 3.63. The number of methoxy groups -OCH3 is 2. The van der Waals surface area contributed by atoms with Crippen molar-refractivity contribution in [1.82, 2.24) is 4.98 Å². The van der Waals surface area contributed by atoms with Gasteiger partial charge in [-0.3, -0.25) is 0 Å². The molecule has 0 atom stereocenters. The molecular formula is C7H8AsNO2. The summed E-state index contributed by atoms with van der Waals surface area (Å²) >= 11 is 2.39. The number of hydrogen-bond acceptors (Lipinski definition) is 3. The zero-order valence-electron chi connectivity index (χ0n) is 6.37. The molecule has 0 unspecified atom stereocenters. The maximum absolute atomic E-state index is 5.02. The predicted octanol–water partition coefficient (Wildman–Crippen LogP) is -0.107. The summed E-state index contributed by atoms with van der Waals surface area (Å²) in [5.74, 6) is 1.17. The molecule has 0 aromatic carbocycles. The third kappa shape index (κ3) is 1.87. The molecule has 0 aliphatic carbocycles. The molecule has 0 saturated carbocycles. The monoisotopic (exact) mass is 213 g/mol. The van der Waals surface area contributed by atoms with Gasteiger partial charge in [0.2, 0.25) is 0 Å². The summed E-state index contributed by atoms with van der Waals surface area (Å²) in [6.07, 6.45) is 1.71. The Morgan fingerprint density at radius 1 is 1.36 bits per heavy atom. The van der Waals surface area contributed by atoms with Crippen LogP contribution in [0.2, 0.25) is 0 Å². The van der Waals surface area contributed by atoms with Gasteiger partial charge in [-0.1, -0.05) is 0 Å². The van der Waals surface area contributed by atoms with Gasteiger partial charge in [0, 0.05) is 0 Å². The van der Waals surface area contributed by atoms with Crippen molar-refractivity contribution in [3.63, 3.8) is 0 Å². The number of hydrogen-bond donors (Lipinski definition) is 0. The van der Waals surface area contributed by atoms with Gasteiger partial charge < -0.3 is 0 Å². The van der Waals surface area contributed by atoms with E-state index in [1.165, 1.54) is 0 Å². The van der Waals surface area contributed by atoms with E-state index < -0.39 is 0 Å². The van der Waals surface area contributed by atoms with E-state index >= 15 is 0 Å². The predicted molar refractivity (Wildman–Crippen MR) is 42.7 cm³/mol. The molecule has 11 heavy (non-hydrogen) atoms. The number of rotatable bonds is 2. The average molecular weight is 213 g/mol. The molecule has 0 spiro atoms. The molecule has 1 rings (SSSR count). The van der Waals surface area contributed by atoms with Gasteiger partial charge >= 0.3 is 73.8 Å². The van der Waals surface area contributed by atoms with Gasteiger partial charge in [-0.25, -0.2) is 0 Å². The minimum absolute atomic E-state index is 0.516. The zero-order chi connectivity index (χ0) is 8.27. The molecule has 2 radical (unpaired) electrons. The van der Waals surface area contributed by atoms with Gasteiger partial charge in [-0.2, -0.15) is 0 Å². The molecule has 3 nitrogen and oxygen atoms in total. The normalized spacial score (nSPS) is 9.36. The van der Waals surface area contributed by atoms with Crippen LogP contribution in [0, 0.1) is 0 Å². The summed E-state index contributed by atoms with van der Waals surface area (Å²) in [5.41, 5.74) is 0. The van der Waals surface area contributed by atoms with E-state index in [0.717, 1.165) is 4.35 Å². The van der Waals surface area contributed by atoms with Crippen LogP contribution in [0.3, 0.4) is 0 Å². The summed E-state index contributed by atoms with van der Waals surface area (Å²) in [7, 11) is 3.15. The average Bonchev–Trinajstić information content (AvgIpc) is 2.04. The van der Waals surface area contributed by atoms with Crippen LogP contribution < -0.4 is 13.8 Å². The van der Waals surface area contributed by atoms with E-state index in [1.807, 2.05) is 6.07 Å². The van der Waals surface area contributed by atoms with Crippen molar-refractivity contribution < 1.29 is 9.47 Å². The van der Waals surface area contributed by atoms with Crippen LogP contribution in [0.4, 0.5) is 0 Å². The van der Waals surface area contributed by atoms with Crippen molar-refractivity contribution in [3.05, 3.63) is 12.3 Å². The molecular weight excluding hydrogens is 205 g/mol. The Kier molecular flexibility index (Phi) is 2.77. The third-order valence-electron chi connectivity index (χ3n) is 1.22. The van der Waals surface area contributed by atoms with Gasteiger partial charge in [0.1, 0.15) is 0 Å². The number of pyridine rings is 1. The first-order valence-corrected chi connectivity index (χ1v) is 3.98. The summed E-state index contributed by atoms with van der Waals surface area (Å²) < 4.78 is 11.0. The Balaban J connectivity index is 3.06. The quantitative estimate of drug-likeness (QED) is 0.642. The number of ether oxygens (including phenoxy) is 2. The van der Waals surface area contributed by atoms with E-state index in [9.17, 15) is 0 Å².